The summed E-state index contributed by atoms with van der Waals surface area (Å²) in [6, 6.07) is 8.85. The molecule has 0 aliphatic carbocycles. The number of benzene rings is 1. The van der Waals surface area contributed by atoms with Crippen LogP contribution in [0.4, 0.5) is 0 Å². The van der Waals surface area contributed by atoms with Gasteiger partial charge in [-0.15, -0.1) is 23.7 Å². The zero-order valence-corrected chi connectivity index (χ0v) is 13.0. The van der Waals surface area contributed by atoms with Gasteiger partial charge < -0.3 is 10.6 Å². The van der Waals surface area contributed by atoms with E-state index in [1.807, 2.05) is 23.6 Å². The minimum Gasteiger partial charge on any atom is -0.349 e. The number of hydrogen-bond acceptors (Lipinski definition) is 3. The molecule has 0 bridgehead atoms. The first-order chi connectivity index (χ1) is 9.24. The highest BCUT2D eigenvalue weighted by Crippen LogP contribution is 2.25. The maximum absolute atomic E-state index is 12.4. The third-order valence-electron chi connectivity index (χ3n) is 3.68. The van der Waals surface area contributed by atoms with E-state index in [0.29, 0.717) is 12.1 Å². The predicted octanol–water partition coefficient (Wildman–Crippen LogP) is 3.19. The molecule has 0 saturated carbocycles. The Kier molecular flexibility index (Phi) is 5.02. The second-order valence-electron chi connectivity index (χ2n) is 5.20. The molecule has 3 nitrogen and oxygen atoms in total. The van der Waals surface area contributed by atoms with Gasteiger partial charge in [0.15, 0.2) is 0 Å². The summed E-state index contributed by atoms with van der Waals surface area (Å²) in [5.41, 5.74) is 0.812. The van der Waals surface area contributed by atoms with Gasteiger partial charge in [-0.2, -0.15) is 0 Å². The average Bonchev–Trinajstić information content (AvgIpc) is 2.82. The molecule has 2 unspecified atom stereocenters. The fourth-order valence-corrected chi connectivity index (χ4v) is 3.62. The van der Waals surface area contributed by atoms with Gasteiger partial charge in [0.2, 0.25) is 0 Å². The van der Waals surface area contributed by atoms with Crippen molar-refractivity contribution in [3.63, 3.8) is 0 Å². The molecule has 108 valence electrons. The Morgan fingerprint density at radius 2 is 2.20 bits per heavy atom. The van der Waals surface area contributed by atoms with Crippen molar-refractivity contribution in [2.24, 2.45) is 0 Å². The summed E-state index contributed by atoms with van der Waals surface area (Å²) in [6.45, 7) is 3.15. The van der Waals surface area contributed by atoms with E-state index in [0.717, 1.165) is 30.3 Å². The molecule has 1 aromatic carbocycles. The second kappa shape index (κ2) is 6.57. The molecule has 1 fully saturated rings. The van der Waals surface area contributed by atoms with E-state index in [9.17, 15) is 4.79 Å². The number of nitrogens with one attached hydrogen (secondary N) is 2. The van der Waals surface area contributed by atoms with Crippen LogP contribution < -0.4 is 10.6 Å². The summed E-state index contributed by atoms with van der Waals surface area (Å²) in [5, 5.41) is 9.60. The topological polar surface area (TPSA) is 41.1 Å². The van der Waals surface area contributed by atoms with Crippen LogP contribution in [-0.4, -0.2) is 24.5 Å². The standard InChI is InChI=1S/C15H18N2OS.ClH/c1-10-8-11(6-7-16-10)17-15(18)13-9-19-14-5-3-2-4-12(13)14;/h2-5,9-11,16H,6-8H2,1H3,(H,17,18);1H. The van der Waals surface area contributed by atoms with Crippen molar-refractivity contribution in [3.05, 3.63) is 35.2 Å². The van der Waals surface area contributed by atoms with E-state index in [2.05, 4.69) is 23.6 Å². The summed E-state index contributed by atoms with van der Waals surface area (Å²) in [5.74, 6) is 0.0663. The minimum absolute atomic E-state index is 0. The zero-order valence-electron chi connectivity index (χ0n) is 11.4. The molecule has 1 aromatic heterocycles. The van der Waals surface area contributed by atoms with E-state index in [-0.39, 0.29) is 18.3 Å². The number of thiophene rings is 1. The number of carbonyl (C=O) groups is 1. The summed E-state index contributed by atoms with van der Waals surface area (Å²) in [6.07, 6.45) is 2.02. The van der Waals surface area contributed by atoms with Crippen LogP contribution in [0.3, 0.4) is 0 Å². The number of rotatable bonds is 2. The molecule has 2 N–H and O–H groups in total. The lowest BCUT2D eigenvalue weighted by molar-refractivity contribution is 0.0928. The molecular weight excluding hydrogens is 292 g/mol. The third-order valence-corrected chi connectivity index (χ3v) is 4.65. The molecule has 1 aliphatic rings. The predicted molar refractivity (Wildman–Crippen MR) is 87.0 cm³/mol. The quantitative estimate of drug-likeness (QED) is 0.894. The fourth-order valence-electron chi connectivity index (χ4n) is 2.68. The molecule has 0 spiro atoms. The van der Waals surface area contributed by atoms with Gasteiger partial charge in [-0.3, -0.25) is 4.79 Å². The Bertz CT molecular complexity index is 598. The first-order valence-corrected chi connectivity index (χ1v) is 7.62. The van der Waals surface area contributed by atoms with Crippen LogP contribution in [0.5, 0.6) is 0 Å². The zero-order chi connectivity index (χ0) is 13.2. The molecule has 3 rings (SSSR count). The SMILES string of the molecule is CC1CC(NC(=O)c2csc3ccccc23)CCN1.Cl. The summed E-state index contributed by atoms with van der Waals surface area (Å²) in [4.78, 5) is 12.4. The van der Waals surface area contributed by atoms with Gasteiger partial charge in [0.1, 0.15) is 0 Å². The maximum Gasteiger partial charge on any atom is 0.252 e. The number of fused-ring (bicyclic) bond motifs is 1. The van der Waals surface area contributed by atoms with E-state index in [1.165, 1.54) is 4.70 Å². The molecule has 1 aliphatic heterocycles. The lowest BCUT2D eigenvalue weighted by atomic mass is 10.0. The number of piperidine rings is 1. The van der Waals surface area contributed by atoms with Crippen LogP contribution in [0.1, 0.15) is 30.1 Å². The van der Waals surface area contributed by atoms with Crippen LogP contribution >= 0.6 is 23.7 Å². The summed E-state index contributed by atoms with van der Waals surface area (Å²) >= 11 is 1.63. The highest BCUT2D eigenvalue weighted by molar-refractivity contribution is 7.17. The Morgan fingerprint density at radius 3 is 3.00 bits per heavy atom. The number of halogens is 1. The number of hydrogen-bond donors (Lipinski definition) is 2. The second-order valence-corrected chi connectivity index (χ2v) is 6.11. The van der Waals surface area contributed by atoms with Crippen molar-refractivity contribution >= 4 is 39.7 Å². The number of amides is 1. The van der Waals surface area contributed by atoms with Crippen molar-refractivity contribution in [2.45, 2.75) is 31.8 Å². The van der Waals surface area contributed by atoms with Gasteiger partial charge in [-0.1, -0.05) is 18.2 Å². The van der Waals surface area contributed by atoms with Crippen molar-refractivity contribution in [1.29, 1.82) is 0 Å². The normalized spacial score (nSPS) is 22.2. The first kappa shape index (κ1) is 15.3. The Hall–Kier alpha value is -1.10. The van der Waals surface area contributed by atoms with Gasteiger partial charge >= 0.3 is 0 Å². The van der Waals surface area contributed by atoms with Crippen LogP contribution in [0.2, 0.25) is 0 Å². The van der Waals surface area contributed by atoms with Crippen LogP contribution in [0.25, 0.3) is 10.1 Å². The van der Waals surface area contributed by atoms with Crippen LogP contribution in [0.15, 0.2) is 29.6 Å². The Labute approximate surface area is 129 Å². The van der Waals surface area contributed by atoms with E-state index in [1.54, 1.807) is 11.3 Å². The molecule has 2 atom stereocenters. The lowest BCUT2D eigenvalue weighted by Gasteiger charge is -2.28. The molecule has 2 aromatic rings. The van der Waals surface area contributed by atoms with Gasteiger partial charge in [0.25, 0.3) is 5.91 Å². The van der Waals surface area contributed by atoms with Crippen molar-refractivity contribution in [3.8, 4) is 0 Å². The van der Waals surface area contributed by atoms with Gasteiger partial charge in [-0.05, 0) is 32.4 Å². The van der Waals surface area contributed by atoms with Crippen molar-refractivity contribution in [2.75, 3.05) is 6.54 Å². The van der Waals surface area contributed by atoms with Crippen LogP contribution in [0, 0.1) is 0 Å². The maximum atomic E-state index is 12.4. The molecule has 20 heavy (non-hydrogen) atoms. The summed E-state index contributed by atoms with van der Waals surface area (Å²) in [7, 11) is 0. The molecule has 1 amide bonds. The molecule has 5 heteroatoms. The van der Waals surface area contributed by atoms with E-state index in [4.69, 9.17) is 0 Å². The Balaban J connectivity index is 0.00000147. The fraction of sp³-hybridized carbons (Fsp3) is 0.400. The largest absolute Gasteiger partial charge is 0.349 e. The molecular formula is C15H19ClN2OS. The summed E-state index contributed by atoms with van der Waals surface area (Å²) < 4.78 is 1.17. The molecule has 0 radical (unpaired) electrons. The van der Waals surface area contributed by atoms with Gasteiger partial charge in [0.05, 0.1) is 5.56 Å². The minimum atomic E-state index is 0. The molecule has 1 saturated heterocycles. The lowest BCUT2D eigenvalue weighted by Crippen LogP contribution is -2.46. The van der Waals surface area contributed by atoms with Crippen molar-refractivity contribution in [1.82, 2.24) is 10.6 Å². The van der Waals surface area contributed by atoms with E-state index < -0.39 is 0 Å². The smallest absolute Gasteiger partial charge is 0.252 e. The highest BCUT2D eigenvalue weighted by atomic mass is 35.5. The first-order valence-electron chi connectivity index (χ1n) is 6.74. The average molecular weight is 311 g/mol. The highest BCUT2D eigenvalue weighted by Gasteiger charge is 2.21. The van der Waals surface area contributed by atoms with Crippen molar-refractivity contribution < 1.29 is 4.79 Å². The van der Waals surface area contributed by atoms with E-state index >= 15 is 0 Å². The Morgan fingerprint density at radius 1 is 1.40 bits per heavy atom. The van der Waals surface area contributed by atoms with Gasteiger partial charge in [0, 0.05) is 27.5 Å². The van der Waals surface area contributed by atoms with Gasteiger partial charge in [-0.25, -0.2) is 0 Å². The molecule has 2 heterocycles. The third kappa shape index (κ3) is 3.14. The number of carbonyl (C=O) groups excluding carboxylic acids is 1. The monoisotopic (exact) mass is 310 g/mol. The van der Waals surface area contributed by atoms with Crippen LogP contribution in [-0.2, 0) is 0 Å².